The van der Waals surface area contributed by atoms with Crippen molar-refractivity contribution in [3.05, 3.63) is 158 Å². The van der Waals surface area contributed by atoms with Crippen LogP contribution in [0.3, 0.4) is 0 Å². The normalized spacial score (nSPS) is 11.6. The highest BCUT2D eigenvalue weighted by Gasteiger charge is 2.17. The van der Waals surface area contributed by atoms with E-state index in [1.54, 1.807) is 0 Å². The van der Waals surface area contributed by atoms with E-state index in [4.69, 9.17) is 9.97 Å². The highest BCUT2D eigenvalue weighted by Crippen LogP contribution is 2.40. The molecule has 0 N–H and O–H groups in total. The molecule has 7 aromatic carbocycles. The van der Waals surface area contributed by atoms with Crippen molar-refractivity contribution in [1.82, 2.24) is 9.97 Å². The third-order valence-corrected chi connectivity index (χ3v) is 9.85. The van der Waals surface area contributed by atoms with Gasteiger partial charge in [0.15, 0.2) is 5.82 Å². The maximum atomic E-state index is 5.31. The first-order chi connectivity index (χ1) is 22.3. The third-order valence-electron chi connectivity index (χ3n) is 8.68. The number of hydrogen-bond donors (Lipinski definition) is 0. The van der Waals surface area contributed by atoms with Gasteiger partial charge in [0.2, 0.25) is 0 Å². The third kappa shape index (κ3) is 4.48. The van der Waals surface area contributed by atoms with Crippen LogP contribution in [-0.2, 0) is 0 Å². The molecule has 210 valence electrons. The molecule has 0 saturated heterocycles. The van der Waals surface area contributed by atoms with Gasteiger partial charge in [-0.15, -0.1) is 11.3 Å². The zero-order valence-electron chi connectivity index (χ0n) is 24.3. The zero-order chi connectivity index (χ0) is 29.7. The molecule has 2 aromatic heterocycles. The lowest BCUT2D eigenvalue weighted by Crippen LogP contribution is -1.97. The molecule has 0 spiro atoms. The summed E-state index contributed by atoms with van der Waals surface area (Å²) in [4.78, 5) is 11.8. The second-order valence-corrected chi connectivity index (χ2v) is 12.5. The molecule has 9 rings (SSSR count). The summed E-state index contributed by atoms with van der Waals surface area (Å²) in [5.41, 5.74) is 6.23. The van der Waals surface area contributed by atoms with Crippen LogP contribution in [0.5, 0.6) is 0 Å². The van der Waals surface area contributed by atoms with E-state index in [1.165, 1.54) is 42.1 Å². The van der Waals surface area contributed by atoms with Crippen molar-refractivity contribution in [2.75, 3.05) is 0 Å². The fourth-order valence-electron chi connectivity index (χ4n) is 6.45. The molecule has 2 nitrogen and oxygen atoms in total. The Balaban J connectivity index is 1.27. The van der Waals surface area contributed by atoms with Gasteiger partial charge in [0.1, 0.15) is 0 Å². The number of fused-ring (bicyclic) bond motifs is 5. The first kappa shape index (κ1) is 25.8. The summed E-state index contributed by atoms with van der Waals surface area (Å²) in [7, 11) is 0. The summed E-state index contributed by atoms with van der Waals surface area (Å²) in [6, 6.07) is 56.1. The van der Waals surface area contributed by atoms with E-state index in [0.29, 0.717) is 0 Å². The Labute approximate surface area is 264 Å². The van der Waals surface area contributed by atoms with Gasteiger partial charge in [0.25, 0.3) is 0 Å². The molecule has 45 heavy (non-hydrogen) atoms. The number of thiophene rings is 1. The molecule has 0 fully saturated rings. The molecule has 0 bridgehead atoms. The summed E-state index contributed by atoms with van der Waals surface area (Å²) >= 11 is 1.83. The van der Waals surface area contributed by atoms with Crippen LogP contribution in [-0.4, -0.2) is 9.97 Å². The van der Waals surface area contributed by atoms with Gasteiger partial charge in [-0.3, -0.25) is 0 Å². The van der Waals surface area contributed by atoms with E-state index in [1.807, 2.05) is 17.4 Å². The van der Waals surface area contributed by atoms with Crippen molar-refractivity contribution in [2.24, 2.45) is 0 Å². The highest BCUT2D eigenvalue weighted by molar-refractivity contribution is 7.22. The lowest BCUT2D eigenvalue weighted by Gasteiger charge is -2.15. The predicted molar refractivity (Wildman–Crippen MR) is 192 cm³/mol. The van der Waals surface area contributed by atoms with Crippen LogP contribution in [0, 0.1) is 0 Å². The number of rotatable bonds is 4. The molecule has 0 aliphatic rings. The Bertz CT molecular complexity index is 2500. The largest absolute Gasteiger partial charge is 0.228 e. The van der Waals surface area contributed by atoms with Gasteiger partial charge < -0.3 is 0 Å². The average Bonchev–Trinajstić information content (AvgIpc) is 3.55. The van der Waals surface area contributed by atoms with Crippen LogP contribution in [0.4, 0.5) is 0 Å². The fraction of sp³-hybridized carbons (Fsp3) is 0. The summed E-state index contributed by atoms with van der Waals surface area (Å²) in [6.07, 6.45) is 0. The maximum Gasteiger partial charge on any atom is 0.161 e. The van der Waals surface area contributed by atoms with Crippen LogP contribution >= 0.6 is 11.3 Å². The molecule has 3 heteroatoms. The Kier molecular flexibility index (Phi) is 6.03. The van der Waals surface area contributed by atoms with Crippen LogP contribution in [0.15, 0.2) is 158 Å². The van der Waals surface area contributed by atoms with Gasteiger partial charge in [0, 0.05) is 26.3 Å². The minimum absolute atomic E-state index is 0.733. The smallest absolute Gasteiger partial charge is 0.161 e. The minimum Gasteiger partial charge on any atom is -0.228 e. The summed E-state index contributed by atoms with van der Waals surface area (Å²) in [6.45, 7) is 0. The molecule has 0 unspecified atom stereocenters. The summed E-state index contributed by atoms with van der Waals surface area (Å²) in [5.74, 6) is 0.733. The van der Waals surface area contributed by atoms with E-state index in [0.717, 1.165) is 44.7 Å². The van der Waals surface area contributed by atoms with Crippen LogP contribution < -0.4 is 0 Å². The number of aromatic nitrogens is 2. The van der Waals surface area contributed by atoms with Gasteiger partial charge in [-0.1, -0.05) is 133 Å². The molecule has 0 aliphatic heterocycles. The summed E-state index contributed by atoms with van der Waals surface area (Å²) in [5, 5.41) is 8.44. The average molecular weight is 591 g/mol. The zero-order valence-corrected chi connectivity index (χ0v) is 25.1. The van der Waals surface area contributed by atoms with Crippen molar-refractivity contribution in [3.8, 4) is 44.3 Å². The number of nitrogens with zero attached hydrogens (tertiary/aromatic N) is 2. The Morgan fingerprint density at radius 3 is 1.78 bits per heavy atom. The van der Waals surface area contributed by atoms with E-state index in [-0.39, 0.29) is 0 Å². The van der Waals surface area contributed by atoms with Gasteiger partial charge in [0.05, 0.1) is 11.4 Å². The molecular formula is C42H26N2S. The van der Waals surface area contributed by atoms with Gasteiger partial charge in [-0.2, -0.15) is 0 Å². The monoisotopic (exact) mass is 590 g/mol. The SMILES string of the molecule is c1ccc(-c2cc(-c3ccc(-c4cc5ccccc5s4)cc3)nc(-c3c4ccccc4cc4c3ccc3ccccc34)n2)cc1. The highest BCUT2D eigenvalue weighted by atomic mass is 32.1. The lowest BCUT2D eigenvalue weighted by molar-refractivity contribution is 1.19. The second kappa shape index (κ2) is 10.5. The van der Waals surface area contributed by atoms with Crippen molar-refractivity contribution in [1.29, 1.82) is 0 Å². The minimum atomic E-state index is 0.733. The van der Waals surface area contributed by atoms with Crippen molar-refractivity contribution in [2.45, 2.75) is 0 Å². The molecule has 0 atom stereocenters. The molecule has 2 heterocycles. The topological polar surface area (TPSA) is 25.8 Å². The van der Waals surface area contributed by atoms with Crippen LogP contribution in [0.2, 0.25) is 0 Å². The standard InChI is InChI=1S/C42H26N2S/c1-2-11-28(12-3-1)37-26-38(29-18-20-30(21-19-29)40-25-32-14-6-9-17-39(32)45-40)44-42(43-37)41-34-16-8-5-13-31(34)24-36-33-15-7-4-10-27(33)22-23-35(36)41/h1-26H. The van der Waals surface area contributed by atoms with Crippen molar-refractivity contribution >= 4 is 53.7 Å². The maximum absolute atomic E-state index is 5.31. The quantitative estimate of drug-likeness (QED) is 0.150. The van der Waals surface area contributed by atoms with Crippen molar-refractivity contribution in [3.63, 3.8) is 0 Å². The van der Waals surface area contributed by atoms with E-state index < -0.39 is 0 Å². The van der Waals surface area contributed by atoms with Crippen LogP contribution in [0.25, 0.3) is 86.7 Å². The lowest BCUT2D eigenvalue weighted by atomic mass is 9.92. The van der Waals surface area contributed by atoms with Crippen molar-refractivity contribution < 1.29 is 0 Å². The van der Waals surface area contributed by atoms with E-state index in [9.17, 15) is 0 Å². The first-order valence-corrected chi connectivity index (χ1v) is 16.0. The summed E-state index contributed by atoms with van der Waals surface area (Å²) < 4.78 is 1.31. The second-order valence-electron chi connectivity index (χ2n) is 11.4. The van der Waals surface area contributed by atoms with E-state index in [2.05, 4.69) is 152 Å². The fourth-order valence-corrected chi connectivity index (χ4v) is 7.52. The predicted octanol–water partition coefficient (Wildman–Crippen LogP) is 11.8. The number of benzene rings is 7. The molecule has 0 amide bonds. The molecule has 0 aliphatic carbocycles. The molecular weight excluding hydrogens is 565 g/mol. The van der Waals surface area contributed by atoms with Crippen LogP contribution in [0.1, 0.15) is 0 Å². The first-order valence-electron chi connectivity index (χ1n) is 15.2. The van der Waals surface area contributed by atoms with E-state index >= 15 is 0 Å². The Hall–Kier alpha value is -5.64. The molecule has 0 saturated carbocycles. The van der Waals surface area contributed by atoms with Gasteiger partial charge >= 0.3 is 0 Å². The van der Waals surface area contributed by atoms with Gasteiger partial charge in [-0.25, -0.2) is 9.97 Å². The Morgan fingerprint density at radius 2 is 1.00 bits per heavy atom. The number of hydrogen-bond acceptors (Lipinski definition) is 3. The Morgan fingerprint density at radius 1 is 0.378 bits per heavy atom. The molecule has 9 aromatic rings. The molecule has 0 radical (unpaired) electrons. The van der Waals surface area contributed by atoms with Gasteiger partial charge in [-0.05, 0) is 67.5 Å².